The molecule has 0 aliphatic rings. The smallest absolute Gasteiger partial charge is 1.00 e. The van der Waals surface area contributed by atoms with Crippen molar-refractivity contribution in [3.8, 4) is 6.07 Å². The summed E-state index contributed by atoms with van der Waals surface area (Å²) in [6.45, 7) is 1.43. The van der Waals surface area contributed by atoms with Crippen LogP contribution in [0.1, 0.15) is 6.92 Å². The molecule has 0 bridgehead atoms. The van der Waals surface area contributed by atoms with Crippen molar-refractivity contribution >= 4 is 23.1 Å². The van der Waals surface area contributed by atoms with E-state index in [1.165, 1.54) is 6.92 Å². The molecule has 0 aromatic heterocycles. The Balaban J connectivity index is -0.00000000667. The van der Waals surface area contributed by atoms with Crippen molar-refractivity contribution in [2.45, 2.75) is 6.92 Å². The van der Waals surface area contributed by atoms with Crippen molar-refractivity contribution in [1.82, 2.24) is 0 Å². The van der Waals surface area contributed by atoms with Crippen molar-refractivity contribution < 1.29 is 24.8 Å². The van der Waals surface area contributed by atoms with Gasteiger partial charge < -0.3 is 24.8 Å². The third-order valence-electron chi connectivity index (χ3n) is 0. The molecule has 0 fully saturated rings. The first-order chi connectivity index (χ1) is 1.41. The third-order valence-corrected chi connectivity index (χ3v) is 0. The Bertz CT molecular complexity index is 33.0. The Labute approximate surface area is 66.1 Å². The molecule has 32 valence electrons. The fourth-order valence-corrected chi connectivity index (χ4v) is 0. The van der Waals surface area contributed by atoms with Gasteiger partial charge in [0.15, 0.2) is 0 Å². The monoisotopic (exact) mass is 135 g/mol. The van der Waals surface area contributed by atoms with Gasteiger partial charge in [0, 0.05) is 6.92 Å². The van der Waals surface area contributed by atoms with Crippen LogP contribution in [-0.2, 0) is 0 Å². The van der Waals surface area contributed by atoms with Gasteiger partial charge in [-0.2, -0.15) is 5.26 Å². The molecule has 6 heavy (non-hydrogen) atoms. The molecular weight excluding hydrogens is 133 g/mol. The summed E-state index contributed by atoms with van der Waals surface area (Å²) >= 11 is 0. The predicted octanol–water partition coefficient (Wildman–Crippen LogP) is -5.84. The molecule has 4 heteroatoms. The largest absolute Gasteiger partial charge is 2.00 e. The number of halogens is 2. The average molecular weight is 136 g/mol. The summed E-state index contributed by atoms with van der Waals surface area (Å²) in [7, 11) is 0. The molecule has 0 aromatic rings. The first-order valence-corrected chi connectivity index (χ1v) is 0.724. The quantitative estimate of drug-likeness (QED) is 0.304. The van der Waals surface area contributed by atoms with Gasteiger partial charge in [-0.3, -0.25) is 0 Å². The van der Waals surface area contributed by atoms with Gasteiger partial charge in [-0.15, -0.1) is 0 Å². The number of hydrogen-bond acceptors (Lipinski definition) is 1. The van der Waals surface area contributed by atoms with E-state index in [0.29, 0.717) is 0 Å². The summed E-state index contributed by atoms with van der Waals surface area (Å²) in [6.07, 6.45) is 0. The summed E-state index contributed by atoms with van der Waals surface area (Å²) in [4.78, 5) is 0. The van der Waals surface area contributed by atoms with Gasteiger partial charge in [-0.1, -0.05) is 0 Å². The molecule has 0 N–H and O–H groups in total. The second kappa shape index (κ2) is 40.5. The van der Waals surface area contributed by atoms with Crippen LogP contribution in [0, 0.1) is 11.3 Å². The van der Waals surface area contributed by atoms with E-state index in [1.807, 2.05) is 0 Å². The minimum Gasteiger partial charge on any atom is -1.00 e. The summed E-state index contributed by atoms with van der Waals surface area (Å²) in [5, 5.41) is 7.32. The topological polar surface area (TPSA) is 23.8 Å². The van der Waals surface area contributed by atoms with Gasteiger partial charge >= 0.3 is 23.1 Å². The molecule has 0 radical (unpaired) electrons. The molecule has 0 saturated heterocycles. The van der Waals surface area contributed by atoms with Crippen LogP contribution in [0.25, 0.3) is 0 Å². The van der Waals surface area contributed by atoms with Crippen molar-refractivity contribution in [3.63, 3.8) is 0 Å². The zero-order valence-corrected chi connectivity index (χ0v) is 6.34. The van der Waals surface area contributed by atoms with Crippen molar-refractivity contribution in [2.24, 2.45) is 0 Å². The fourth-order valence-electron chi connectivity index (χ4n) is 0. The van der Waals surface area contributed by atoms with Gasteiger partial charge in [0.25, 0.3) is 0 Å². The van der Waals surface area contributed by atoms with Gasteiger partial charge in [0.05, 0.1) is 6.07 Å². The molecule has 0 rings (SSSR count). The van der Waals surface area contributed by atoms with Crippen molar-refractivity contribution in [2.75, 3.05) is 0 Å². The Morgan fingerprint density at radius 2 is 1.33 bits per heavy atom. The number of rotatable bonds is 0. The van der Waals surface area contributed by atoms with Gasteiger partial charge in [0.1, 0.15) is 0 Å². The second-order valence-corrected chi connectivity index (χ2v) is 0.224. The molecule has 0 saturated carbocycles. The van der Waals surface area contributed by atoms with Crippen LogP contribution in [-0.4, -0.2) is 23.1 Å². The minimum atomic E-state index is 0. The summed E-state index contributed by atoms with van der Waals surface area (Å²) in [5.74, 6) is 0. The summed E-state index contributed by atoms with van der Waals surface area (Å²) < 4.78 is 0. The van der Waals surface area contributed by atoms with Gasteiger partial charge in [0.2, 0.25) is 0 Å². The zero-order valence-electron chi connectivity index (χ0n) is 3.41. The molecule has 0 aromatic carbocycles. The SMILES string of the molecule is CC#N.[Cl-].[Cl-].[Mg+2]. The van der Waals surface area contributed by atoms with Crippen molar-refractivity contribution in [3.05, 3.63) is 0 Å². The predicted molar refractivity (Wildman–Crippen MR) is 17.0 cm³/mol. The van der Waals surface area contributed by atoms with Gasteiger partial charge in [-0.25, -0.2) is 0 Å². The fraction of sp³-hybridized carbons (Fsp3) is 0.500. The molecule has 0 atom stereocenters. The standard InChI is InChI=1S/C2H3N.2ClH.Mg/c1-2-3;;;/h1H3;2*1H;/q;;;+2/p-2. The van der Waals surface area contributed by atoms with E-state index in [9.17, 15) is 0 Å². The van der Waals surface area contributed by atoms with Crippen LogP contribution in [0.3, 0.4) is 0 Å². The maximum atomic E-state index is 7.32. The Morgan fingerprint density at radius 1 is 1.33 bits per heavy atom. The maximum Gasteiger partial charge on any atom is 2.00 e. The average Bonchev–Trinajstić information content (AvgIpc) is 0.918. The molecule has 0 spiro atoms. The number of nitrogens with zero attached hydrogens (tertiary/aromatic N) is 1. The van der Waals surface area contributed by atoms with Crippen molar-refractivity contribution in [1.29, 1.82) is 5.26 Å². The normalized spacial score (nSPS) is 1.33. The van der Waals surface area contributed by atoms with E-state index in [1.54, 1.807) is 6.07 Å². The molecular formula is C2H3Cl2MgN. The van der Waals surface area contributed by atoms with Crippen LogP contribution < -0.4 is 24.8 Å². The number of hydrogen-bond donors (Lipinski definition) is 0. The summed E-state index contributed by atoms with van der Waals surface area (Å²) in [5.41, 5.74) is 0. The molecule has 0 aliphatic heterocycles. The molecule has 1 nitrogen and oxygen atoms in total. The van der Waals surface area contributed by atoms with Gasteiger partial charge in [-0.05, 0) is 0 Å². The van der Waals surface area contributed by atoms with Crippen LogP contribution >= 0.6 is 0 Å². The summed E-state index contributed by atoms with van der Waals surface area (Å²) in [6, 6.07) is 1.75. The first kappa shape index (κ1) is 28.9. The van der Waals surface area contributed by atoms with Crippen LogP contribution in [0.5, 0.6) is 0 Å². The van der Waals surface area contributed by atoms with E-state index in [4.69, 9.17) is 5.26 Å². The van der Waals surface area contributed by atoms with E-state index >= 15 is 0 Å². The molecule has 0 amide bonds. The van der Waals surface area contributed by atoms with Crippen LogP contribution in [0.4, 0.5) is 0 Å². The number of nitriles is 1. The minimum absolute atomic E-state index is 0. The molecule has 0 heterocycles. The molecule has 0 aliphatic carbocycles. The third kappa shape index (κ3) is 102. The van der Waals surface area contributed by atoms with E-state index in [0.717, 1.165) is 0 Å². The maximum absolute atomic E-state index is 7.32. The van der Waals surface area contributed by atoms with E-state index in [-0.39, 0.29) is 47.9 Å². The Morgan fingerprint density at radius 3 is 1.33 bits per heavy atom. The second-order valence-electron chi connectivity index (χ2n) is 0.224. The Kier molecular flexibility index (Phi) is 195. The molecule has 0 unspecified atom stereocenters. The van der Waals surface area contributed by atoms with Crippen LogP contribution in [0.2, 0.25) is 0 Å². The zero-order chi connectivity index (χ0) is 2.71. The first-order valence-electron chi connectivity index (χ1n) is 0.724. The van der Waals surface area contributed by atoms with E-state index in [2.05, 4.69) is 0 Å². The van der Waals surface area contributed by atoms with E-state index < -0.39 is 0 Å². The van der Waals surface area contributed by atoms with Crippen LogP contribution in [0.15, 0.2) is 0 Å². The Hall–Kier alpha value is 0.836.